The summed E-state index contributed by atoms with van der Waals surface area (Å²) >= 11 is 0. The molecular weight excluding hydrogens is 504 g/mol. The molecule has 9 nitrogen and oxygen atoms in total. The number of likely N-dealkylation sites (tertiary alicyclic amines) is 1. The van der Waals surface area contributed by atoms with Crippen LogP contribution in [0, 0.1) is 11.3 Å². The zero-order valence-electron chi connectivity index (χ0n) is 23.9. The van der Waals surface area contributed by atoms with Gasteiger partial charge in [-0.05, 0) is 56.9 Å². The number of carbonyl (C=O) groups excluding carboxylic acids is 1. The van der Waals surface area contributed by atoms with Crippen molar-refractivity contribution in [1.82, 2.24) is 19.4 Å². The Bertz CT molecular complexity index is 1330. The van der Waals surface area contributed by atoms with Gasteiger partial charge < -0.3 is 24.2 Å². The summed E-state index contributed by atoms with van der Waals surface area (Å²) in [6.45, 7) is 12.1. The van der Waals surface area contributed by atoms with E-state index in [-0.39, 0.29) is 24.7 Å². The monoisotopic (exact) mass is 544 g/mol. The van der Waals surface area contributed by atoms with Gasteiger partial charge in [-0.3, -0.25) is 0 Å². The quantitative estimate of drug-likeness (QED) is 0.373. The number of nitrogens with zero attached hydrogens (tertiary/aromatic N) is 6. The van der Waals surface area contributed by atoms with Crippen LogP contribution < -0.4 is 4.90 Å². The van der Waals surface area contributed by atoms with Gasteiger partial charge in [0.05, 0.1) is 29.3 Å². The van der Waals surface area contributed by atoms with E-state index >= 15 is 0 Å². The van der Waals surface area contributed by atoms with Crippen LogP contribution in [0.25, 0.3) is 16.6 Å². The topological polar surface area (TPSA) is 86.3 Å². The average molecular weight is 545 g/mol. The average Bonchev–Trinajstić information content (AvgIpc) is 3.43. The van der Waals surface area contributed by atoms with Gasteiger partial charge in [0.2, 0.25) is 0 Å². The molecule has 212 valence electrons. The first-order valence-corrected chi connectivity index (χ1v) is 14.4. The first-order chi connectivity index (χ1) is 19.4. The van der Waals surface area contributed by atoms with Gasteiger partial charge in [-0.1, -0.05) is 24.3 Å². The molecule has 2 aliphatic heterocycles. The molecule has 5 rings (SSSR count). The van der Waals surface area contributed by atoms with Crippen molar-refractivity contribution in [3.05, 3.63) is 54.4 Å². The van der Waals surface area contributed by atoms with Crippen LogP contribution in [0.4, 0.5) is 10.5 Å². The summed E-state index contributed by atoms with van der Waals surface area (Å²) in [7, 11) is 0. The molecule has 2 aromatic heterocycles. The molecule has 0 aliphatic carbocycles. The highest BCUT2D eigenvalue weighted by atomic mass is 16.6. The molecule has 0 unspecified atom stereocenters. The van der Waals surface area contributed by atoms with Crippen LogP contribution in [0.15, 0.2) is 48.8 Å². The molecule has 0 spiro atoms. The standard InChI is InChI=1S/C31H40N6O3/c1-4-40-31(11-15-34(16-12-31)24(2)3)27-8-6-25(7-9-27)26-22-29-28(10-14-33-37(29)23-26)35-17-19-36(20-18-35)30(38)39-21-5-13-32/h6-10,14,22-24H,4-5,11-12,15-21H2,1-3H3. The summed E-state index contributed by atoms with van der Waals surface area (Å²) in [5.74, 6) is 0. The summed E-state index contributed by atoms with van der Waals surface area (Å²) in [5, 5.41) is 13.2. The number of ether oxygens (including phenoxy) is 2. The highest BCUT2D eigenvalue weighted by molar-refractivity contribution is 5.80. The van der Waals surface area contributed by atoms with Crippen molar-refractivity contribution < 1.29 is 14.3 Å². The highest BCUT2D eigenvalue weighted by Gasteiger charge is 2.37. The molecule has 0 bridgehead atoms. The lowest BCUT2D eigenvalue weighted by molar-refractivity contribution is -0.0886. The van der Waals surface area contributed by atoms with Crippen LogP contribution in [0.1, 0.15) is 45.6 Å². The summed E-state index contributed by atoms with van der Waals surface area (Å²) in [4.78, 5) is 18.8. The minimum atomic E-state index is -0.347. The number of piperidine rings is 1. The first kappa shape index (κ1) is 27.9. The van der Waals surface area contributed by atoms with E-state index in [0.717, 1.165) is 48.3 Å². The van der Waals surface area contributed by atoms with Crippen LogP contribution >= 0.6 is 0 Å². The second kappa shape index (κ2) is 12.3. The third-order valence-corrected chi connectivity index (χ3v) is 8.31. The molecule has 2 fully saturated rings. The van der Waals surface area contributed by atoms with E-state index < -0.39 is 0 Å². The molecule has 3 aromatic rings. The highest BCUT2D eigenvalue weighted by Crippen LogP contribution is 2.38. The fraction of sp³-hybridized carbons (Fsp3) is 0.516. The molecule has 0 N–H and O–H groups in total. The van der Waals surface area contributed by atoms with Crippen molar-refractivity contribution in [1.29, 1.82) is 5.26 Å². The Hall–Kier alpha value is -3.61. The lowest BCUT2D eigenvalue weighted by Gasteiger charge is -2.43. The molecule has 2 aliphatic rings. The van der Waals surface area contributed by atoms with Gasteiger partial charge in [0.1, 0.15) is 6.61 Å². The number of piperazine rings is 1. The minimum absolute atomic E-state index is 0.137. The van der Waals surface area contributed by atoms with E-state index in [1.165, 1.54) is 5.56 Å². The number of carbonyl (C=O) groups is 1. The van der Waals surface area contributed by atoms with Crippen LogP contribution in [0.3, 0.4) is 0 Å². The van der Waals surface area contributed by atoms with E-state index in [9.17, 15) is 4.79 Å². The van der Waals surface area contributed by atoms with Gasteiger partial charge in [0, 0.05) is 69.9 Å². The maximum Gasteiger partial charge on any atom is 0.409 e. The van der Waals surface area contributed by atoms with E-state index in [0.29, 0.717) is 38.8 Å². The molecule has 40 heavy (non-hydrogen) atoms. The number of hydrogen-bond acceptors (Lipinski definition) is 7. The second-order valence-corrected chi connectivity index (χ2v) is 10.9. The second-order valence-electron chi connectivity index (χ2n) is 10.9. The molecule has 0 radical (unpaired) electrons. The maximum absolute atomic E-state index is 12.3. The van der Waals surface area contributed by atoms with Gasteiger partial charge >= 0.3 is 6.09 Å². The Morgan fingerprint density at radius 1 is 1.05 bits per heavy atom. The molecule has 1 amide bonds. The minimum Gasteiger partial charge on any atom is -0.448 e. The Labute approximate surface area is 236 Å². The molecule has 1 aromatic carbocycles. The number of rotatable bonds is 8. The molecule has 2 saturated heterocycles. The van der Waals surface area contributed by atoms with Crippen LogP contribution in [0.5, 0.6) is 0 Å². The van der Waals surface area contributed by atoms with Gasteiger partial charge in [-0.25, -0.2) is 9.31 Å². The largest absolute Gasteiger partial charge is 0.448 e. The first-order valence-electron chi connectivity index (χ1n) is 14.4. The summed E-state index contributed by atoms with van der Waals surface area (Å²) in [6, 6.07) is 15.7. The Balaban J connectivity index is 1.30. The lowest BCUT2D eigenvalue weighted by Crippen LogP contribution is -2.49. The van der Waals surface area contributed by atoms with E-state index in [1.807, 2.05) is 22.8 Å². The third-order valence-electron chi connectivity index (χ3n) is 8.31. The third kappa shape index (κ3) is 5.79. The number of amides is 1. The molecule has 0 saturated carbocycles. The van der Waals surface area contributed by atoms with E-state index in [4.69, 9.17) is 14.7 Å². The number of hydrogen-bond donors (Lipinski definition) is 0. The van der Waals surface area contributed by atoms with E-state index in [2.05, 4.69) is 72.2 Å². The van der Waals surface area contributed by atoms with Gasteiger partial charge in [0.15, 0.2) is 0 Å². The summed E-state index contributed by atoms with van der Waals surface area (Å²) in [6.07, 6.45) is 5.78. The number of nitriles is 1. The van der Waals surface area contributed by atoms with Gasteiger partial charge in [-0.2, -0.15) is 10.4 Å². The number of aromatic nitrogens is 2. The molecular formula is C31H40N6O3. The number of benzene rings is 1. The van der Waals surface area contributed by atoms with Crippen molar-refractivity contribution in [2.45, 2.75) is 51.7 Å². The van der Waals surface area contributed by atoms with Crippen molar-refractivity contribution in [2.75, 3.05) is 57.4 Å². The number of anilines is 1. The van der Waals surface area contributed by atoms with Crippen molar-refractivity contribution in [3.8, 4) is 17.2 Å². The maximum atomic E-state index is 12.3. The van der Waals surface area contributed by atoms with Crippen LogP contribution in [-0.4, -0.2) is 84.0 Å². The Morgan fingerprint density at radius 3 is 2.42 bits per heavy atom. The predicted octanol–water partition coefficient (Wildman–Crippen LogP) is 4.91. The SMILES string of the molecule is CCOC1(c2ccc(-c3cc4c(N5CCN(C(=O)OCCC#N)CC5)ccnn4c3)cc2)CCN(C(C)C)CC1. The Morgan fingerprint density at radius 2 is 1.77 bits per heavy atom. The van der Waals surface area contributed by atoms with Crippen molar-refractivity contribution >= 4 is 17.3 Å². The smallest absolute Gasteiger partial charge is 0.409 e. The summed E-state index contributed by atoms with van der Waals surface area (Å²) < 4.78 is 13.5. The Kier molecular flexibility index (Phi) is 8.57. The lowest BCUT2D eigenvalue weighted by atomic mass is 9.83. The summed E-state index contributed by atoms with van der Waals surface area (Å²) in [5.41, 5.74) is 5.44. The predicted molar refractivity (Wildman–Crippen MR) is 155 cm³/mol. The molecule has 4 heterocycles. The molecule has 9 heteroatoms. The van der Waals surface area contributed by atoms with Crippen molar-refractivity contribution in [2.24, 2.45) is 0 Å². The van der Waals surface area contributed by atoms with Crippen LogP contribution in [-0.2, 0) is 15.1 Å². The van der Waals surface area contributed by atoms with Crippen LogP contribution in [0.2, 0.25) is 0 Å². The fourth-order valence-electron chi connectivity index (χ4n) is 5.99. The molecule has 0 atom stereocenters. The zero-order valence-corrected chi connectivity index (χ0v) is 23.9. The fourth-order valence-corrected chi connectivity index (χ4v) is 5.99. The van der Waals surface area contributed by atoms with Gasteiger partial charge in [-0.15, -0.1) is 0 Å². The van der Waals surface area contributed by atoms with Crippen molar-refractivity contribution in [3.63, 3.8) is 0 Å². The zero-order chi connectivity index (χ0) is 28.1. The van der Waals surface area contributed by atoms with Gasteiger partial charge in [0.25, 0.3) is 0 Å². The normalized spacial score (nSPS) is 17.8. The number of fused-ring (bicyclic) bond motifs is 1. The van der Waals surface area contributed by atoms with E-state index in [1.54, 1.807) is 4.90 Å².